The first-order valence-corrected chi connectivity index (χ1v) is 15.0. The smallest absolute Gasteiger partial charge is 0.282 e. The number of benzene rings is 3. The molecule has 8 nitrogen and oxygen atoms in total. The Hall–Kier alpha value is -3.73. The lowest BCUT2D eigenvalue weighted by Crippen LogP contribution is -2.25. The van der Waals surface area contributed by atoms with Gasteiger partial charge in [-0.25, -0.2) is 4.98 Å². The van der Waals surface area contributed by atoms with Gasteiger partial charge in [-0.1, -0.05) is 49.6 Å². The molecule has 0 saturated heterocycles. The summed E-state index contributed by atoms with van der Waals surface area (Å²) in [6.07, 6.45) is 7.10. The van der Waals surface area contributed by atoms with E-state index in [2.05, 4.69) is 33.0 Å². The van der Waals surface area contributed by atoms with Crippen LogP contribution in [0.5, 0.6) is 11.5 Å². The van der Waals surface area contributed by atoms with Crippen molar-refractivity contribution in [3.63, 3.8) is 0 Å². The number of para-hydroxylation sites is 2. The Morgan fingerprint density at radius 3 is 2.63 bits per heavy atom. The zero-order chi connectivity index (χ0) is 28.8. The lowest BCUT2D eigenvalue weighted by molar-refractivity contribution is -0.118. The van der Waals surface area contributed by atoms with Gasteiger partial charge in [-0.05, 0) is 90.7 Å². The Balaban J connectivity index is 1.42. The maximum Gasteiger partial charge on any atom is 0.282 e. The van der Waals surface area contributed by atoms with Crippen molar-refractivity contribution in [3.05, 3.63) is 91.5 Å². The van der Waals surface area contributed by atoms with E-state index in [0.717, 1.165) is 46.1 Å². The van der Waals surface area contributed by atoms with E-state index in [1.165, 1.54) is 11.1 Å². The SMILES string of the molecule is CCOc1cc(C=Nn2c(C3CCCCC3)nc3ccccc3c2=O)cc(I)c1OCC(=O)Nc1ccccc1C. The molecule has 0 atom stereocenters. The molecule has 1 aliphatic rings. The first-order valence-electron chi connectivity index (χ1n) is 13.9. The molecule has 1 aromatic heterocycles. The van der Waals surface area contributed by atoms with E-state index in [4.69, 9.17) is 14.5 Å². The van der Waals surface area contributed by atoms with Crippen LogP contribution in [0.3, 0.4) is 0 Å². The number of amides is 1. The molecule has 1 amide bonds. The lowest BCUT2D eigenvalue weighted by atomic mass is 9.88. The van der Waals surface area contributed by atoms with Gasteiger partial charge in [0.25, 0.3) is 11.5 Å². The Morgan fingerprint density at radius 1 is 1.10 bits per heavy atom. The van der Waals surface area contributed by atoms with Crippen molar-refractivity contribution in [1.29, 1.82) is 0 Å². The molecule has 1 aliphatic carbocycles. The molecule has 0 radical (unpaired) electrons. The Morgan fingerprint density at radius 2 is 1.85 bits per heavy atom. The highest BCUT2D eigenvalue weighted by molar-refractivity contribution is 14.1. The summed E-state index contributed by atoms with van der Waals surface area (Å²) in [5.41, 5.74) is 2.99. The second-order valence-electron chi connectivity index (χ2n) is 10.1. The van der Waals surface area contributed by atoms with Gasteiger partial charge in [0.05, 0.1) is 27.3 Å². The third-order valence-corrected chi connectivity index (χ3v) is 7.97. The summed E-state index contributed by atoms with van der Waals surface area (Å²) in [6.45, 7) is 4.08. The highest BCUT2D eigenvalue weighted by Gasteiger charge is 2.22. The average molecular weight is 665 g/mol. The molecule has 0 spiro atoms. The van der Waals surface area contributed by atoms with Gasteiger partial charge < -0.3 is 14.8 Å². The van der Waals surface area contributed by atoms with Crippen molar-refractivity contribution in [1.82, 2.24) is 9.66 Å². The van der Waals surface area contributed by atoms with Gasteiger partial charge in [-0.3, -0.25) is 9.59 Å². The number of hydrogen-bond donors (Lipinski definition) is 1. The highest BCUT2D eigenvalue weighted by Crippen LogP contribution is 2.34. The largest absolute Gasteiger partial charge is 0.490 e. The van der Waals surface area contributed by atoms with Crippen molar-refractivity contribution in [2.45, 2.75) is 51.9 Å². The predicted molar refractivity (Wildman–Crippen MR) is 170 cm³/mol. The summed E-state index contributed by atoms with van der Waals surface area (Å²) in [4.78, 5) is 31.0. The van der Waals surface area contributed by atoms with Crippen LogP contribution in [0.15, 0.2) is 70.6 Å². The number of rotatable bonds is 9. The number of carbonyl (C=O) groups excluding carboxylic acids is 1. The molecule has 4 aromatic rings. The van der Waals surface area contributed by atoms with Gasteiger partial charge >= 0.3 is 0 Å². The summed E-state index contributed by atoms with van der Waals surface area (Å²) in [5, 5.41) is 8.08. The maximum absolute atomic E-state index is 13.5. The zero-order valence-corrected chi connectivity index (χ0v) is 25.4. The highest BCUT2D eigenvalue weighted by atomic mass is 127. The molecular formula is C32H33IN4O4. The monoisotopic (exact) mass is 664 g/mol. The zero-order valence-electron chi connectivity index (χ0n) is 23.2. The van der Waals surface area contributed by atoms with Gasteiger partial charge in [-0.15, -0.1) is 0 Å². The van der Waals surface area contributed by atoms with Crippen LogP contribution < -0.4 is 20.3 Å². The fourth-order valence-electron chi connectivity index (χ4n) is 5.10. The Kier molecular flexibility index (Phi) is 9.33. The molecule has 212 valence electrons. The van der Waals surface area contributed by atoms with E-state index in [0.29, 0.717) is 34.8 Å². The number of hydrogen-bond acceptors (Lipinski definition) is 6. The summed E-state index contributed by atoms with van der Waals surface area (Å²) < 4.78 is 14.0. The summed E-state index contributed by atoms with van der Waals surface area (Å²) in [7, 11) is 0. The van der Waals surface area contributed by atoms with Crippen LogP contribution in [0.25, 0.3) is 10.9 Å². The molecule has 5 rings (SSSR count). The molecule has 41 heavy (non-hydrogen) atoms. The maximum atomic E-state index is 13.5. The summed E-state index contributed by atoms with van der Waals surface area (Å²) >= 11 is 2.16. The first kappa shape index (κ1) is 28.8. The number of halogens is 1. The quantitative estimate of drug-likeness (QED) is 0.160. The van der Waals surface area contributed by atoms with Crippen LogP contribution in [0.4, 0.5) is 5.69 Å². The van der Waals surface area contributed by atoms with E-state index < -0.39 is 0 Å². The van der Waals surface area contributed by atoms with Crippen LogP contribution in [-0.2, 0) is 4.79 Å². The van der Waals surface area contributed by atoms with Crippen LogP contribution in [-0.4, -0.2) is 35.0 Å². The average Bonchev–Trinajstić information content (AvgIpc) is 2.98. The van der Waals surface area contributed by atoms with Gasteiger partial charge in [0.1, 0.15) is 5.82 Å². The molecule has 0 unspecified atom stereocenters. The van der Waals surface area contributed by atoms with Crippen LogP contribution in [0, 0.1) is 10.5 Å². The Bertz CT molecular complexity index is 1640. The molecule has 3 aromatic carbocycles. The Labute approximate surface area is 252 Å². The molecule has 1 heterocycles. The van der Waals surface area contributed by atoms with Crippen LogP contribution in [0.1, 0.15) is 61.9 Å². The van der Waals surface area contributed by atoms with Crippen LogP contribution >= 0.6 is 22.6 Å². The second kappa shape index (κ2) is 13.3. The summed E-state index contributed by atoms with van der Waals surface area (Å²) in [5.74, 6) is 1.63. The number of aryl methyl sites for hydroxylation is 1. The molecule has 0 bridgehead atoms. The standard InChI is InChI=1S/C32H33IN4O4/c1-3-40-28-18-22(17-25(33)30(28)41-20-29(38)35-26-15-9-7-11-21(26)2)19-34-37-31(23-12-5-4-6-13-23)36-27-16-10-8-14-24(27)32(37)39/h7-11,14-19,23H,3-6,12-13,20H2,1-2H3,(H,35,38). The van der Waals surface area contributed by atoms with E-state index in [1.807, 2.05) is 68.4 Å². The number of aromatic nitrogens is 2. The van der Waals surface area contributed by atoms with Crippen LogP contribution in [0.2, 0.25) is 0 Å². The molecule has 0 aliphatic heterocycles. The number of ether oxygens (including phenoxy) is 2. The molecular weight excluding hydrogens is 631 g/mol. The number of anilines is 1. The normalized spacial score (nSPS) is 13.9. The molecule has 1 saturated carbocycles. The fourth-order valence-corrected chi connectivity index (χ4v) is 5.89. The minimum Gasteiger partial charge on any atom is -0.490 e. The molecule has 9 heteroatoms. The lowest BCUT2D eigenvalue weighted by Gasteiger charge is -2.22. The molecule has 1 fully saturated rings. The van der Waals surface area contributed by atoms with Gasteiger partial charge in [0, 0.05) is 11.6 Å². The van der Waals surface area contributed by atoms with Gasteiger partial charge in [-0.2, -0.15) is 9.78 Å². The first-order chi connectivity index (χ1) is 19.9. The van der Waals surface area contributed by atoms with E-state index >= 15 is 0 Å². The third-order valence-electron chi connectivity index (χ3n) is 7.17. The van der Waals surface area contributed by atoms with Crippen molar-refractivity contribution in [2.24, 2.45) is 5.10 Å². The van der Waals surface area contributed by atoms with Crippen molar-refractivity contribution in [2.75, 3.05) is 18.5 Å². The van der Waals surface area contributed by atoms with Crippen molar-refractivity contribution < 1.29 is 14.3 Å². The minimum atomic E-state index is -0.262. The predicted octanol–water partition coefficient (Wildman–Crippen LogP) is 6.66. The number of carbonyl (C=O) groups is 1. The van der Waals surface area contributed by atoms with Crippen molar-refractivity contribution in [3.8, 4) is 11.5 Å². The topological polar surface area (TPSA) is 94.8 Å². The van der Waals surface area contributed by atoms with E-state index in [1.54, 1.807) is 12.3 Å². The van der Waals surface area contributed by atoms with Gasteiger partial charge in [0.15, 0.2) is 18.1 Å². The molecule has 1 N–H and O–H groups in total. The van der Waals surface area contributed by atoms with Crippen molar-refractivity contribution >= 4 is 51.3 Å². The number of nitrogens with one attached hydrogen (secondary N) is 1. The minimum absolute atomic E-state index is 0.166. The van der Waals surface area contributed by atoms with E-state index in [-0.39, 0.29) is 24.0 Å². The third kappa shape index (κ3) is 6.78. The van der Waals surface area contributed by atoms with E-state index in [9.17, 15) is 9.59 Å². The second-order valence-corrected chi connectivity index (χ2v) is 11.3. The van der Waals surface area contributed by atoms with Gasteiger partial charge in [0.2, 0.25) is 0 Å². The fraction of sp³-hybridized carbons (Fsp3) is 0.312. The number of fused-ring (bicyclic) bond motifs is 1. The summed E-state index contributed by atoms with van der Waals surface area (Å²) in [6, 6.07) is 18.7. The number of nitrogens with zero attached hydrogens (tertiary/aromatic N) is 3.